The molecule has 10 heteroatoms. The minimum absolute atomic E-state index is 0.0309. The Morgan fingerprint density at radius 3 is 2.73 bits per heavy atom. The lowest BCUT2D eigenvalue weighted by Crippen LogP contribution is -2.14. The Morgan fingerprint density at radius 1 is 1.31 bits per heavy atom. The quantitative estimate of drug-likeness (QED) is 0.662. The van der Waals surface area contributed by atoms with E-state index < -0.39 is 10.0 Å². The van der Waals surface area contributed by atoms with Gasteiger partial charge >= 0.3 is 0 Å². The number of thiazole rings is 1. The average Bonchev–Trinajstić information content (AvgIpc) is 3.09. The first-order valence-corrected chi connectivity index (χ1v) is 10.3. The van der Waals surface area contributed by atoms with Crippen molar-refractivity contribution in [1.29, 1.82) is 0 Å². The van der Waals surface area contributed by atoms with Crippen LogP contribution in [0.1, 0.15) is 31.2 Å². The first-order chi connectivity index (χ1) is 12.3. The number of benzene rings is 1. The SMILES string of the molecule is CCCC(=O)Nc1nc2cc(NS(=O)(=O)c3c(C)noc3C)ccc2s1. The van der Waals surface area contributed by atoms with Gasteiger partial charge in [0.1, 0.15) is 5.69 Å². The summed E-state index contributed by atoms with van der Waals surface area (Å²) in [7, 11) is -3.82. The van der Waals surface area contributed by atoms with E-state index in [-0.39, 0.29) is 16.6 Å². The van der Waals surface area contributed by atoms with Crippen molar-refractivity contribution in [1.82, 2.24) is 10.1 Å². The third kappa shape index (κ3) is 3.70. The molecule has 0 aliphatic carbocycles. The van der Waals surface area contributed by atoms with Gasteiger partial charge in [0, 0.05) is 6.42 Å². The van der Waals surface area contributed by atoms with Gasteiger partial charge in [-0.05, 0) is 38.5 Å². The number of hydrogen-bond acceptors (Lipinski definition) is 7. The summed E-state index contributed by atoms with van der Waals surface area (Å²) in [6.45, 7) is 5.04. The molecule has 0 spiro atoms. The number of fused-ring (bicyclic) bond motifs is 1. The standard InChI is InChI=1S/C16H18N4O4S2/c1-4-5-14(21)18-16-17-12-8-11(6-7-13(12)25-16)20-26(22,23)15-9(2)19-24-10(15)3/h6-8,20H,4-5H2,1-3H3,(H,17,18,21). The van der Waals surface area contributed by atoms with E-state index in [1.54, 1.807) is 32.0 Å². The van der Waals surface area contributed by atoms with E-state index in [0.717, 1.165) is 11.1 Å². The van der Waals surface area contributed by atoms with Gasteiger partial charge in [0.05, 0.1) is 15.9 Å². The number of carbonyl (C=O) groups is 1. The zero-order valence-corrected chi connectivity index (χ0v) is 16.1. The van der Waals surface area contributed by atoms with E-state index in [1.165, 1.54) is 11.3 Å². The van der Waals surface area contributed by atoms with Crippen LogP contribution in [0.25, 0.3) is 10.2 Å². The fourth-order valence-corrected chi connectivity index (χ4v) is 4.76. The molecule has 1 amide bonds. The highest BCUT2D eigenvalue weighted by molar-refractivity contribution is 7.92. The summed E-state index contributed by atoms with van der Waals surface area (Å²) in [6, 6.07) is 5.03. The Morgan fingerprint density at radius 2 is 2.08 bits per heavy atom. The second-order valence-electron chi connectivity index (χ2n) is 5.76. The molecule has 0 aliphatic rings. The van der Waals surface area contributed by atoms with E-state index in [9.17, 15) is 13.2 Å². The summed E-state index contributed by atoms with van der Waals surface area (Å²) in [5.41, 5.74) is 1.26. The maximum absolute atomic E-state index is 12.6. The van der Waals surface area contributed by atoms with E-state index in [2.05, 4.69) is 20.2 Å². The predicted octanol–water partition coefficient (Wildman–Crippen LogP) is 3.44. The Kier molecular flexibility index (Phi) is 4.97. The topological polar surface area (TPSA) is 114 Å². The lowest BCUT2D eigenvalue weighted by atomic mass is 10.3. The number of carbonyl (C=O) groups excluding carboxylic acids is 1. The third-order valence-electron chi connectivity index (χ3n) is 3.60. The number of nitrogens with zero attached hydrogens (tertiary/aromatic N) is 2. The monoisotopic (exact) mass is 394 g/mol. The lowest BCUT2D eigenvalue weighted by molar-refractivity contribution is -0.116. The van der Waals surface area contributed by atoms with E-state index in [1.807, 2.05) is 6.92 Å². The number of nitrogens with one attached hydrogen (secondary N) is 2. The molecule has 138 valence electrons. The molecule has 0 radical (unpaired) electrons. The van der Waals surface area contributed by atoms with Crippen LogP contribution >= 0.6 is 11.3 Å². The van der Waals surface area contributed by atoms with Crippen molar-refractivity contribution in [3.8, 4) is 0 Å². The maximum Gasteiger partial charge on any atom is 0.267 e. The summed E-state index contributed by atoms with van der Waals surface area (Å²) in [5.74, 6) is 0.136. The molecule has 0 bridgehead atoms. The Balaban J connectivity index is 1.86. The minimum atomic E-state index is -3.82. The highest BCUT2D eigenvalue weighted by Gasteiger charge is 2.24. The van der Waals surface area contributed by atoms with Gasteiger partial charge in [0.2, 0.25) is 5.91 Å². The van der Waals surface area contributed by atoms with Gasteiger partial charge in [0.15, 0.2) is 15.8 Å². The van der Waals surface area contributed by atoms with Crippen LogP contribution in [0.2, 0.25) is 0 Å². The zero-order valence-electron chi connectivity index (χ0n) is 14.5. The van der Waals surface area contributed by atoms with Crippen molar-refractivity contribution >= 4 is 48.3 Å². The van der Waals surface area contributed by atoms with Crippen LogP contribution in [0.15, 0.2) is 27.6 Å². The van der Waals surface area contributed by atoms with Crippen LogP contribution < -0.4 is 10.0 Å². The highest BCUT2D eigenvalue weighted by Crippen LogP contribution is 2.29. The van der Waals surface area contributed by atoms with Gasteiger partial charge in [-0.2, -0.15) is 0 Å². The average molecular weight is 394 g/mol. The van der Waals surface area contributed by atoms with Crippen LogP contribution in [-0.2, 0) is 14.8 Å². The first-order valence-electron chi connectivity index (χ1n) is 7.96. The summed E-state index contributed by atoms with van der Waals surface area (Å²) < 4.78 is 33.4. The molecule has 0 unspecified atom stereocenters. The zero-order chi connectivity index (χ0) is 18.9. The molecule has 1 aromatic carbocycles. The van der Waals surface area contributed by atoms with Gasteiger partial charge in [0.25, 0.3) is 10.0 Å². The molecule has 2 N–H and O–H groups in total. The van der Waals surface area contributed by atoms with Crippen molar-refractivity contribution in [3.63, 3.8) is 0 Å². The molecule has 8 nitrogen and oxygen atoms in total. The molecule has 2 aromatic heterocycles. The molecule has 26 heavy (non-hydrogen) atoms. The first kappa shape index (κ1) is 18.3. The summed E-state index contributed by atoms with van der Waals surface area (Å²) >= 11 is 1.34. The van der Waals surface area contributed by atoms with Gasteiger partial charge in [-0.3, -0.25) is 9.52 Å². The number of aryl methyl sites for hydroxylation is 2. The predicted molar refractivity (Wildman–Crippen MR) is 99.9 cm³/mol. The molecule has 0 saturated heterocycles. The van der Waals surface area contributed by atoms with Gasteiger partial charge in [-0.15, -0.1) is 0 Å². The van der Waals surface area contributed by atoms with Crippen LogP contribution in [0.4, 0.5) is 10.8 Å². The maximum atomic E-state index is 12.6. The van der Waals surface area contributed by atoms with Crippen LogP contribution in [0, 0.1) is 13.8 Å². The fourth-order valence-electron chi connectivity index (χ4n) is 2.52. The largest absolute Gasteiger partial charge is 0.360 e. The minimum Gasteiger partial charge on any atom is -0.360 e. The lowest BCUT2D eigenvalue weighted by Gasteiger charge is -2.07. The second-order valence-corrected chi connectivity index (χ2v) is 8.41. The van der Waals surface area contributed by atoms with Crippen molar-refractivity contribution in [2.24, 2.45) is 0 Å². The number of rotatable bonds is 6. The van der Waals surface area contributed by atoms with Gasteiger partial charge < -0.3 is 9.84 Å². The second kappa shape index (κ2) is 7.04. The molecular weight excluding hydrogens is 376 g/mol. The summed E-state index contributed by atoms with van der Waals surface area (Å²) in [5, 5.41) is 6.91. The number of hydrogen-bond donors (Lipinski definition) is 2. The number of aromatic nitrogens is 2. The summed E-state index contributed by atoms with van der Waals surface area (Å²) in [4.78, 5) is 16.1. The Hall–Kier alpha value is -2.46. The molecule has 3 rings (SSSR count). The number of sulfonamides is 1. The smallest absolute Gasteiger partial charge is 0.267 e. The van der Waals surface area contributed by atoms with Gasteiger partial charge in [-0.25, -0.2) is 13.4 Å². The van der Waals surface area contributed by atoms with E-state index in [0.29, 0.717) is 28.5 Å². The third-order valence-corrected chi connectivity index (χ3v) is 6.18. The Bertz CT molecular complexity index is 1050. The normalized spacial score (nSPS) is 11.7. The van der Waals surface area contributed by atoms with Crippen molar-refractivity contribution in [2.45, 2.75) is 38.5 Å². The van der Waals surface area contributed by atoms with E-state index >= 15 is 0 Å². The molecule has 2 heterocycles. The van der Waals surface area contributed by atoms with Crippen molar-refractivity contribution in [2.75, 3.05) is 10.0 Å². The molecule has 0 fully saturated rings. The summed E-state index contributed by atoms with van der Waals surface area (Å²) in [6.07, 6.45) is 1.18. The molecule has 0 saturated carbocycles. The Labute approximate surface area is 154 Å². The van der Waals surface area contributed by atoms with Crippen LogP contribution in [0.3, 0.4) is 0 Å². The molecule has 3 aromatic rings. The van der Waals surface area contributed by atoms with E-state index in [4.69, 9.17) is 4.52 Å². The highest BCUT2D eigenvalue weighted by atomic mass is 32.2. The number of amides is 1. The van der Waals surface area contributed by atoms with Crippen molar-refractivity contribution in [3.05, 3.63) is 29.7 Å². The van der Waals surface area contributed by atoms with Crippen LogP contribution in [-0.4, -0.2) is 24.5 Å². The number of anilines is 2. The van der Waals surface area contributed by atoms with Gasteiger partial charge in [-0.1, -0.05) is 23.4 Å². The molecule has 0 atom stereocenters. The molecular formula is C16H18N4O4S2. The molecule has 0 aliphatic heterocycles. The van der Waals surface area contributed by atoms with Crippen LogP contribution in [0.5, 0.6) is 0 Å². The van der Waals surface area contributed by atoms with Crippen molar-refractivity contribution < 1.29 is 17.7 Å². The fraction of sp³-hybridized carbons (Fsp3) is 0.312.